The van der Waals surface area contributed by atoms with Crippen LogP contribution in [0.15, 0.2) is 0 Å². The normalized spacial score (nSPS) is 29.8. The average Bonchev–Trinajstić information content (AvgIpc) is 3.02. The Kier molecular flexibility index (Phi) is 4.27. The van der Waals surface area contributed by atoms with Gasteiger partial charge in [-0.05, 0) is 0 Å². The Morgan fingerprint density at radius 2 is 0.688 bits per heavy atom. The summed E-state index contributed by atoms with van der Waals surface area (Å²) in [5.74, 6) is 0. The summed E-state index contributed by atoms with van der Waals surface area (Å²) in [6.07, 6.45) is 19.7. The van der Waals surface area contributed by atoms with Gasteiger partial charge in [0.25, 0.3) is 0 Å². The second-order valence-electron chi connectivity index (χ2n) is 6.71. The summed E-state index contributed by atoms with van der Waals surface area (Å²) in [5.41, 5.74) is 0. The van der Waals surface area contributed by atoms with Crippen molar-refractivity contribution in [3.05, 3.63) is 0 Å². The Bertz CT molecular complexity index is 169. The first-order valence-electron chi connectivity index (χ1n) is 7.95. The topological polar surface area (TPSA) is 0 Å². The molecule has 0 radical (unpaired) electrons. The van der Waals surface area contributed by atoms with Crippen LogP contribution in [-0.4, -0.2) is 22.7 Å². The van der Waals surface area contributed by atoms with Crippen molar-refractivity contribution >= 4 is 22.7 Å². The average molecular weight is 416 g/mol. The second kappa shape index (κ2) is 5.71. The molecule has 0 spiro atoms. The van der Waals surface area contributed by atoms with Crippen LogP contribution in [0.3, 0.4) is 0 Å². The van der Waals surface area contributed by atoms with Crippen molar-refractivity contribution in [1.29, 1.82) is 0 Å². The molecule has 0 aromatic carbocycles. The molecule has 0 aromatic rings. The molecule has 0 heterocycles. The second-order valence-corrected chi connectivity index (χ2v) is 22.2. The van der Waals surface area contributed by atoms with Crippen molar-refractivity contribution in [2.75, 3.05) is 0 Å². The molecule has 3 fully saturated rings. The van der Waals surface area contributed by atoms with Gasteiger partial charge in [-0.15, -0.1) is 0 Å². The fourth-order valence-corrected chi connectivity index (χ4v) is 28.6. The van der Waals surface area contributed by atoms with E-state index in [0.29, 0.717) is 0 Å². The van der Waals surface area contributed by atoms with E-state index in [-0.39, 0.29) is 0 Å². The van der Waals surface area contributed by atoms with Crippen LogP contribution < -0.4 is 0 Å². The predicted molar refractivity (Wildman–Crippen MR) is 73.8 cm³/mol. The third-order valence-electron chi connectivity index (χ3n) is 5.83. The van der Waals surface area contributed by atoms with Gasteiger partial charge in [-0.2, -0.15) is 0 Å². The van der Waals surface area contributed by atoms with Gasteiger partial charge in [0.15, 0.2) is 0 Å². The Balaban J connectivity index is 1.70. The van der Waals surface area contributed by atoms with Crippen molar-refractivity contribution in [3.8, 4) is 0 Å². The zero-order chi connectivity index (χ0) is 10.8. The molecule has 3 aliphatic carbocycles. The number of rotatable bonds is 3. The van der Waals surface area contributed by atoms with E-state index in [1.165, 1.54) is 10.4 Å². The number of hydrogen-bond donors (Lipinski definition) is 0. The van der Waals surface area contributed by atoms with Crippen LogP contribution in [0.2, 0.25) is 10.4 Å². The van der Waals surface area contributed by atoms with Crippen LogP contribution in [0.5, 0.6) is 0 Å². The van der Waals surface area contributed by atoms with Gasteiger partial charge in [-0.3, -0.25) is 0 Å². The molecule has 92 valence electrons. The molecule has 3 rings (SSSR count). The minimum absolute atomic E-state index is 1.32. The third-order valence-corrected chi connectivity index (χ3v) is 26.3. The molecular formula is C15H28Pb. The SMILES string of the molecule is C1CC[CH]([PbH]([CH]2CCCC2)[CH]2CCCC2)C1. The van der Waals surface area contributed by atoms with Crippen molar-refractivity contribution < 1.29 is 0 Å². The van der Waals surface area contributed by atoms with E-state index in [0.717, 1.165) is 0 Å². The maximum absolute atomic E-state index is 1.68. The van der Waals surface area contributed by atoms with Gasteiger partial charge in [0, 0.05) is 0 Å². The van der Waals surface area contributed by atoms with Gasteiger partial charge >= 0.3 is 110 Å². The molecule has 1 heteroatoms. The van der Waals surface area contributed by atoms with E-state index in [1.807, 2.05) is 0 Å². The summed E-state index contributed by atoms with van der Waals surface area (Å²) < 4.78 is 4.10. The van der Waals surface area contributed by atoms with Crippen LogP contribution in [0.25, 0.3) is 0 Å². The first-order valence-corrected chi connectivity index (χ1v) is 15.7. The van der Waals surface area contributed by atoms with E-state index < -0.39 is 22.7 Å². The third kappa shape index (κ3) is 2.51. The summed E-state index contributed by atoms with van der Waals surface area (Å²) in [4.78, 5) is 0. The van der Waals surface area contributed by atoms with Crippen molar-refractivity contribution in [1.82, 2.24) is 0 Å². The van der Waals surface area contributed by atoms with Crippen LogP contribution in [0, 0.1) is 0 Å². The van der Waals surface area contributed by atoms with E-state index in [1.54, 1.807) is 77.0 Å². The summed E-state index contributed by atoms with van der Waals surface area (Å²) >= 11 is -1.32. The van der Waals surface area contributed by atoms with Gasteiger partial charge in [0.05, 0.1) is 0 Å². The van der Waals surface area contributed by atoms with E-state index in [4.69, 9.17) is 0 Å². The molecule has 0 atom stereocenters. The molecule has 16 heavy (non-hydrogen) atoms. The standard InChI is InChI=1S/3C5H9.Pb.H/c3*1-2-4-5-3-1;;/h3*1H,2-5H2;;. The van der Waals surface area contributed by atoms with Crippen LogP contribution in [-0.2, 0) is 0 Å². The Morgan fingerprint density at radius 3 is 0.938 bits per heavy atom. The van der Waals surface area contributed by atoms with Crippen LogP contribution >= 0.6 is 0 Å². The molecule has 0 saturated heterocycles. The monoisotopic (exact) mass is 416 g/mol. The van der Waals surface area contributed by atoms with E-state index >= 15 is 0 Å². The fraction of sp³-hybridized carbons (Fsp3) is 1.00. The van der Waals surface area contributed by atoms with Gasteiger partial charge < -0.3 is 0 Å². The molecule has 0 bridgehead atoms. The summed E-state index contributed by atoms with van der Waals surface area (Å²) in [7, 11) is 0. The summed E-state index contributed by atoms with van der Waals surface area (Å²) in [6, 6.07) is 0. The van der Waals surface area contributed by atoms with Crippen LogP contribution in [0.4, 0.5) is 0 Å². The first kappa shape index (κ1) is 12.0. The zero-order valence-corrected chi connectivity index (χ0v) is 15.3. The molecule has 0 nitrogen and oxygen atoms in total. The Hall–Kier alpha value is 0.922. The molecule has 3 aliphatic rings. The maximum atomic E-state index is 1.68. The molecule has 3 saturated carbocycles. The van der Waals surface area contributed by atoms with Gasteiger partial charge in [0.2, 0.25) is 0 Å². The van der Waals surface area contributed by atoms with Gasteiger partial charge in [-0.1, -0.05) is 0 Å². The van der Waals surface area contributed by atoms with E-state index in [2.05, 4.69) is 0 Å². The summed E-state index contributed by atoms with van der Waals surface area (Å²) in [5, 5.41) is 0. The van der Waals surface area contributed by atoms with Crippen LogP contribution in [0.1, 0.15) is 77.0 Å². The zero-order valence-electron chi connectivity index (χ0n) is 10.8. The predicted octanol–water partition coefficient (Wildman–Crippen LogP) is 5.05. The van der Waals surface area contributed by atoms with Crippen molar-refractivity contribution in [2.24, 2.45) is 0 Å². The summed E-state index contributed by atoms with van der Waals surface area (Å²) in [6.45, 7) is 0. The molecule has 0 aromatic heterocycles. The minimum atomic E-state index is -1.32. The van der Waals surface area contributed by atoms with Gasteiger partial charge in [-0.25, -0.2) is 0 Å². The number of hydrogen-bond acceptors (Lipinski definition) is 0. The molecule has 0 N–H and O–H groups in total. The first-order chi connectivity index (χ1) is 7.95. The Morgan fingerprint density at radius 1 is 0.438 bits per heavy atom. The van der Waals surface area contributed by atoms with Crippen molar-refractivity contribution in [2.45, 2.75) is 87.5 Å². The van der Waals surface area contributed by atoms with Gasteiger partial charge in [0.1, 0.15) is 0 Å². The van der Waals surface area contributed by atoms with Crippen molar-refractivity contribution in [3.63, 3.8) is 0 Å². The molecule has 0 aliphatic heterocycles. The molecule has 0 amide bonds. The molecular weight excluding hydrogens is 387 g/mol. The van der Waals surface area contributed by atoms with E-state index in [9.17, 15) is 0 Å². The molecule has 0 unspecified atom stereocenters. The quantitative estimate of drug-likeness (QED) is 0.566. The Labute approximate surface area is 110 Å². The fourth-order valence-electron chi connectivity index (χ4n) is 5.18.